The lowest BCUT2D eigenvalue weighted by molar-refractivity contribution is 0.0102. The van der Waals surface area contributed by atoms with E-state index in [0.717, 1.165) is 44.4 Å². The number of fused-ring (bicyclic) bond motifs is 1. The Morgan fingerprint density at radius 2 is 1.28 bits per heavy atom. The van der Waals surface area contributed by atoms with Gasteiger partial charge in [-0.3, -0.25) is 9.78 Å². The lowest BCUT2D eigenvalue weighted by Crippen LogP contribution is -2.58. The molecule has 0 spiro atoms. The number of ether oxygens (including phenoxy) is 1. The van der Waals surface area contributed by atoms with Gasteiger partial charge in [-0.15, -0.1) is 0 Å². The van der Waals surface area contributed by atoms with Gasteiger partial charge < -0.3 is 15.0 Å². The van der Waals surface area contributed by atoms with E-state index in [1.165, 1.54) is 0 Å². The molecule has 8 rings (SSSR count). The molecule has 1 aliphatic heterocycles. The maximum absolute atomic E-state index is 14.4. The number of rotatable bonds is 8. The minimum Gasteiger partial charge on any atom is -0.444 e. The Morgan fingerprint density at radius 1 is 0.737 bits per heavy atom. The second-order valence-electron chi connectivity index (χ2n) is 16.2. The minimum atomic E-state index is -0.869. The Kier molecular flexibility index (Phi) is 9.96. The first-order valence-corrected chi connectivity index (χ1v) is 19.5. The van der Waals surface area contributed by atoms with E-state index in [-0.39, 0.29) is 11.9 Å². The Hall–Kier alpha value is -6.54. The zero-order chi connectivity index (χ0) is 39.6. The number of carbonyl (C=O) groups is 2. The molecule has 3 heterocycles. The van der Waals surface area contributed by atoms with Gasteiger partial charge in [0, 0.05) is 53.5 Å². The molecular formula is C49H47N5O3. The number of hydrogen-bond acceptors (Lipinski definition) is 5. The van der Waals surface area contributed by atoms with Crippen LogP contribution in [-0.4, -0.2) is 56.4 Å². The molecule has 0 unspecified atom stereocenters. The van der Waals surface area contributed by atoms with Crippen molar-refractivity contribution in [3.8, 4) is 11.3 Å². The first-order chi connectivity index (χ1) is 27.5. The van der Waals surface area contributed by atoms with E-state index in [2.05, 4.69) is 107 Å². The van der Waals surface area contributed by atoms with Crippen LogP contribution in [0.2, 0.25) is 0 Å². The van der Waals surface area contributed by atoms with Crippen LogP contribution in [0, 0.1) is 0 Å². The van der Waals surface area contributed by atoms with Gasteiger partial charge in [-0.1, -0.05) is 128 Å². The van der Waals surface area contributed by atoms with Crippen molar-refractivity contribution in [3.05, 3.63) is 192 Å². The van der Waals surface area contributed by atoms with Gasteiger partial charge in [0.15, 0.2) is 0 Å². The van der Waals surface area contributed by atoms with Crippen LogP contribution >= 0.6 is 0 Å². The number of likely N-dealkylation sites (tertiary alicyclic amines) is 1. The van der Waals surface area contributed by atoms with Crippen molar-refractivity contribution in [2.45, 2.75) is 56.7 Å². The largest absolute Gasteiger partial charge is 0.444 e. The molecule has 0 aliphatic carbocycles. The van der Waals surface area contributed by atoms with Crippen LogP contribution in [0.4, 0.5) is 4.79 Å². The van der Waals surface area contributed by atoms with Gasteiger partial charge in [0.05, 0.1) is 5.52 Å². The van der Waals surface area contributed by atoms with Gasteiger partial charge in [-0.25, -0.2) is 9.48 Å². The summed E-state index contributed by atoms with van der Waals surface area (Å²) in [6.45, 7) is 8.56. The van der Waals surface area contributed by atoms with E-state index >= 15 is 0 Å². The van der Waals surface area contributed by atoms with Gasteiger partial charge in [0.1, 0.15) is 16.8 Å². The summed E-state index contributed by atoms with van der Waals surface area (Å²) in [5, 5.41) is 9.64. The summed E-state index contributed by atoms with van der Waals surface area (Å²) in [5.41, 5.74) is 5.28. The third kappa shape index (κ3) is 7.31. The molecule has 1 N–H and O–H groups in total. The normalized spacial score (nSPS) is 17.3. The van der Waals surface area contributed by atoms with E-state index in [0.29, 0.717) is 25.1 Å². The molecule has 7 aromatic rings. The third-order valence-corrected chi connectivity index (χ3v) is 10.9. The van der Waals surface area contributed by atoms with Gasteiger partial charge >= 0.3 is 6.09 Å². The van der Waals surface area contributed by atoms with Gasteiger partial charge in [0.2, 0.25) is 0 Å². The molecule has 1 aliphatic rings. The van der Waals surface area contributed by atoms with Crippen LogP contribution in [0.5, 0.6) is 0 Å². The Labute approximate surface area is 334 Å². The van der Waals surface area contributed by atoms with Crippen LogP contribution in [0.3, 0.4) is 0 Å². The van der Waals surface area contributed by atoms with Crippen molar-refractivity contribution < 1.29 is 14.3 Å². The highest BCUT2D eigenvalue weighted by Crippen LogP contribution is 2.44. The van der Waals surface area contributed by atoms with E-state index in [4.69, 9.17) is 9.84 Å². The highest BCUT2D eigenvalue weighted by atomic mass is 16.6. The standard InChI is InChI=1S/C49H47N5O3/c1-47(2,3)57-46(56)53-33-41(32-48(4,34-53)37-17-9-5-10-18-37)51-45(55)36-25-26-43-42(31-36)44(35-27-29-50-30-28-35)52-54(43)49(38-19-11-6-12-20-38,39-21-13-7-14-22-39)40-23-15-8-16-24-40/h5-31,41H,32-34H2,1-4H3,(H,51,55)/t41-,48+/m1/s1. The van der Waals surface area contributed by atoms with Gasteiger partial charge in [-0.05, 0) is 79.8 Å². The maximum atomic E-state index is 14.4. The Morgan fingerprint density at radius 3 is 1.82 bits per heavy atom. The van der Waals surface area contributed by atoms with Gasteiger partial charge in [-0.2, -0.15) is 5.10 Å². The monoisotopic (exact) mass is 753 g/mol. The summed E-state index contributed by atoms with van der Waals surface area (Å²) < 4.78 is 7.95. The average Bonchev–Trinajstić information content (AvgIpc) is 3.61. The SMILES string of the molecule is CC(C)(C)OC(=O)N1C[C@H](NC(=O)c2ccc3c(c2)c(-c2ccncc2)nn3C(c2ccccc2)(c2ccccc2)c2ccccc2)C[C@](C)(c2ccccc2)C1. The number of nitrogens with one attached hydrogen (secondary N) is 1. The summed E-state index contributed by atoms with van der Waals surface area (Å²) in [6.07, 6.45) is 3.79. The number of carbonyl (C=O) groups excluding carboxylic acids is 2. The Balaban J connectivity index is 1.25. The first-order valence-electron chi connectivity index (χ1n) is 19.5. The van der Waals surface area contributed by atoms with E-state index in [1.54, 1.807) is 17.3 Å². The molecule has 5 aromatic carbocycles. The fraction of sp³-hybridized carbons (Fsp3) is 0.224. The number of pyridine rings is 1. The summed E-state index contributed by atoms with van der Waals surface area (Å²) in [6, 6.07) is 50.9. The van der Waals surface area contributed by atoms with Crippen molar-refractivity contribution >= 4 is 22.9 Å². The highest BCUT2D eigenvalue weighted by Gasteiger charge is 2.43. The minimum absolute atomic E-state index is 0.225. The molecule has 0 radical (unpaired) electrons. The quantitative estimate of drug-likeness (QED) is 0.156. The van der Waals surface area contributed by atoms with Crippen LogP contribution in [0.25, 0.3) is 22.2 Å². The zero-order valence-electron chi connectivity index (χ0n) is 32.8. The molecule has 8 nitrogen and oxygen atoms in total. The van der Waals surface area contributed by atoms with E-state index in [9.17, 15) is 9.59 Å². The summed E-state index contributed by atoms with van der Waals surface area (Å²) in [4.78, 5) is 34.0. The predicted octanol–water partition coefficient (Wildman–Crippen LogP) is 9.64. The number of piperidine rings is 1. The lowest BCUT2D eigenvalue weighted by atomic mass is 9.74. The van der Waals surface area contributed by atoms with Crippen molar-refractivity contribution in [2.24, 2.45) is 0 Å². The van der Waals surface area contributed by atoms with E-state index in [1.807, 2.05) is 87.5 Å². The van der Waals surface area contributed by atoms with Crippen LogP contribution in [0.15, 0.2) is 164 Å². The average molecular weight is 754 g/mol. The fourth-order valence-corrected chi connectivity index (χ4v) is 8.45. The lowest BCUT2D eigenvalue weighted by Gasteiger charge is -2.45. The molecule has 1 fully saturated rings. The first kappa shape index (κ1) is 37.4. The third-order valence-electron chi connectivity index (χ3n) is 10.9. The highest BCUT2D eigenvalue weighted by molar-refractivity contribution is 6.02. The number of amides is 2. The summed E-state index contributed by atoms with van der Waals surface area (Å²) >= 11 is 0. The van der Waals surface area contributed by atoms with Crippen LogP contribution in [0.1, 0.15) is 66.7 Å². The van der Waals surface area contributed by atoms with Crippen LogP contribution in [-0.2, 0) is 15.7 Å². The molecule has 2 amide bonds. The number of hydrogen-bond donors (Lipinski definition) is 1. The number of benzene rings is 5. The number of nitrogens with zero attached hydrogens (tertiary/aromatic N) is 4. The molecular weight excluding hydrogens is 707 g/mol. The molecule has 2 aromatic heterocycles. The molecule has 286 valence electrons. The second kappa shape index (κ2) is 15.2. The molecule has 0 saturated carbocycles. The summed E-state index contributed by atoms with van der Waals surface area (Å²) in [5.74, 6) is -0.225. The van der Waals surface area contributed by atoms with Crippen molar-refractivity contribution in [3.63, 3.8) is 0 Å². The molecule has 2 atom stereocenters. The molecule has 0 bridgehead atoms. The summed E-state index contributed by atoms with van der Waals surface area (Å²) in [7, 11) is 0. The van der Waals surface area contributed by atoms with Crippen molar-refractivity contribution in [1.82, 2.24) is 25.0 Å². The topological polar surface area (TPSA) is 89.3 Å². The zero-order valence-corrected chi connectivity index (χ0v) is 32.8. The molecule has 1 saturated heterocycles. The fourth-order valence-electron chi connectivity index (χ4n) is 8.45. The van der Waals surface area contributed by atoms with Crippen molar-refractivity contribution in [1.29, 1.82) is 0 Å². The van der Waals surface area contributed by atoms with Crippen molar-refractivity contribution in [2.75, 3.05) is 13.1 Å². The van der Waals surface area contributed by atoms with Gasteiger partial charge in [0.25, 0.3) is 5.91 Å². The predicted molar refractivity (Wildman–Crippen MR) is 225 cm³/mol. The molecule has 57 heavy (non-hydrogen) atoms. The maximum Gasteiger partial charge on any atom is 0.410 e. The second-order valence-corrected chi connectivity index (χ2v) is 16.2. The Bertz CT molecular complexity index is 2390. The molecule has 8 heteroatoms. The van der Waals surface area contributed by atoms with E-state index < -0.39 is 22.6 Å². The number of aromatic nitrogens is 3. The smallest absolute Gasteiger partial charge is 0.410 e. The van der Waals surface area contributed by atoms with Crippen LogP contribution < -0.4 is 5.32 Å².